The van der Waals surface area contributed by atoms with Crippen molar-refractivity contribution < 1.29 is 4.74 Å². The SMILES string of the molecule is CC(NC1CCCOCC1)c1nncn1C. The summed E-state index contributed by atoms with van der Waals surface area (Å²) in [6.07, 6.45) is 5.15. The van der Waals surface area contributed by atoms with Gasteiger partial charge in [-0.3, -0.25) is 0 Å². The Balaban J connectivity index is 1.91. The van der Waals surface area contributed by atoms with E-state index in [0.29, 0.717) is 6.04 Å². The van der Waals surface area contributed by atoms with Crippen molar-refractivity contribution in [3.63, 3.8) is 0 Å². The molecule has 1 N–H and O–H groups in total. The third-order valence-corrected chi connectivity index (χ3v) is 3.07. The molecule has 2 unspecified atom stereocenters. The van der Waals surface area contributed by atoms with Crippen LogP contribution in [0.2, 0.25) is 0 Å². The molecule has 16 heavy (non-hydrogen) atoms. The topological polar surface area (TPSA) is 52.0 Å². The van der Waals surface area contributed by atoms with Gasteiger partial charge >= 0.3 is 0 Å². The lowest BCUT2D eigenvalue weighted by Gasteiger charge is -2.20. The first-order chi connectivity index (χ1) is 7.77. The summed E-state index contributed by atoms with van der Waals surface area (Å²) in [7, 11) is 1.98. The van der Waals surface area contributed by atoms with Crippen molar-refractivity contribution in [2.24, 2.45) is 7.05 Å². The Bertz CT molecular complexity index is 318. The van der Waals surface area contributed by atoms with Crippen molar-refractivity contribution in [3.05, 3.63) is 12.2 Å². The quantitative estimate of drug-likeness (QED) is 0.833. The summed E-state index contributed by atoms with van der Waals surface area (Å²) in [6, 6.07) is 0.782. The zero-order valence-corrected chi connectivity index (χ0v) is 10.0. The van der Waals surface area contributed by atoms with E-state index in [1.165, 1.54) is 6.42 Å². The molecule has 0 aliphatic carbocycles. The van der Waals surface area contributed by atoms with Crippen LogP contribution in [0.25, 0.3) is 0 Å². The summed E-state index contributed by atoms with van der Waals surface area (Å²) in [4.78, 5) is 0. The number of hydrogen-bond donors (Lipinski definition) is 1. The average molecular weight is 224 g/mol. The van der Waals surface area contributed by atoms with Gasteiger partial charge < -0.3 is 14.6 Å². The van der Waals surface area contributed by atoms with Gasteiger partial charge in [-0.15, -0.1) is 10.2 Å². The molecule has 2 atom stereocenters. The summed E-state index contributed by atoms with van der Waals surface area (Å²) in [6.45, 7) is 3.90. The largest absolute Gasteiger partial charge is 0.381 e. The van der Waals surface area contributed by atoms with Gasteiger partial charge in [-0.25, -0.2) is 0 Å². The molecule has 0 saturated carbocycles. The summed E-state index contributed by atoms with van der Waals surface area (Å²) < 4.78 is 7.41. The van der Waals surface area contributed by atoms with Gasteiger partial charge in [0.25, 0.3) is 0 Å². The maximum atomic E-state index is 5.45. The van der Waals surface area contributed by atoms with E-state index in [4.69, 9.17) is 4.74 Å². The van der Waals surface area contributed by atoms with E-state index in [-0.39, 0.29) is 6.04 Å². The fourth-order valence-corrected chi connectivity index (χ4v) is 2.18. The van der Waals surface area contributed by atoms with Gasteiger partial charge in [0.2, 0.25) is 0 Å². The van der Waals surface area contributed by atoms with Crippen molar-refractivity contribution in [2.75, 3.05) is 13.2 Å². The van der Waals surface area contributed by atoms with E-state index in [0.717, 1.165) is 31.9 Å². The minimum absolute atomic E-state index is 0.246. The van der Waals surface area contributed by atoms with Crippen molar-refractivity contribution in [2.45, 2.75) is 38.3 Å². The first-order valence-electron chi connectivity index (χ1n) is 5.95. The lowest BCUT2D eigenvalue weighted by molar-refractivity contribution is 0.142. The van der Waals surface area contributed by atoms with Crippen LogP contribution in [0.5, 0.6) is 0 Å². The lowest BCUT2D eigenvalue weighted by Crippen LogP contribution is -2.33. The van der Waals surface area contributed by atoms with Gasteiger partial charge in [0.1, 0.15) is 12.2 Å². The molecule has 1 aliphatic rings. The van der Waals surface area contributed by atoms with Crippen LogP contribution < -0.4 is 5.32 Å². The number of ether oxygens (including phenoxy) is 1. The van der Waals surface area contributed by atoms with Crippen LogP contribution in [0.4, 0.5) is 0 Å². The number of aromatic nitrogens is 3. The fourth-order valence-electron chi connectivity index (χ4n) is 2.18. The highest BCUT2D eigenvalue weighted by Gasteiger charge is 2.18. The molecule has 0 aromatic carbocycles. The molecule has 1 aromatic heterocycles. The Labute approximate surface area is 96.2 Å². The van der Waals surface area contributed by atoms with Gasteiger partial charge in [-0.1, -0.05) is 0 Å². The highest BCUT2D eigenvalue weighted by molar-refractivity contribution is 4.93. The second-order valence-electron chi connectivity index (χ2n) is 4.43. The van der Waals surface area contributed by atoms with Crippen molar-refractivity contribution in [1.82, 2.24) is 20.1 Å². The molecule has 2 rings (SSSR count). The smallest absolute Gasteiger partial charge is 0.149 e. The molecule has 0 radical (unpaired) electrons. The van der Waals surface area contributed by atoms with Crippen molar-refractivity contribution in [1.29, 1.82) is 0 Å². The van der Waals surface area contributed by atoms with Gasteiger partial charge in [0.15, 0.2) is 0 Å². The molecule has 5 heteroatoms. The number of nitrogens with zero attached hydrogens (tertiary/aromatic N) is 3. The molecular weight excluding hydrogens is 204 g/mol. The Morgan fingerprint density at radius 2 is 2.38 bits per heavy atom. The van der Waals surface area contributed by atoms with Crippen LogP contribution in [-0.4, -0.2) is 34.0 Å². The molecule has 1 saturated heterocycles. The van der Waals surface area contributed by atoms with Crippen LogP contribution in [0.1, 0.15) is 38.1 Å². The van der Waals surface area contributed by atoms with E-state index in [1.807, 2.05) is 11.6 Å². The van der Waals surface area contributed by atoms with Crippen molar-refractivity contribution >= 4 is 0 Å². The van der Waals surface area contributed by atoms with Crippen LogP contribution in [0, 0.1) is 0 Å². The predicted octanol–water partition coefficient (Wildman–Crippen LogP) is 1.03. The van der Waals surface area contributed by atoms with Gasteiger partial charge in [-0.05, 0) is 26.2 Å². The maximum absolute atomic E-state index is 5.45. The fraction of sp³-hybridized carbons (Fsp3) is 0.818. The third kappa shape index (κ3) is 2.80. The summed E-state index contributed by atoms with van der Waals surface area (Å²) >= 11 is 0. The molecule has 5 nitrogen and oxygen atoms in total. The van der Waals surface area contributed by atoms with E-state index in [9.17, 15) is 0 Å². The molecule has 1 fully saturated rings. The molecular formula is C11H20N4O. The molecule has 90 valence electrons. The Morgan fingerprint density at radius 3 is 3.12 bits per heavy atom. The molecule has 0 bridgehead atoms. The lowest BCUT2D eigenvalue weighted by atomic mass is 10.1. The number of nitrogens with one attached hydrogen (secondary N) is 1. The minimum Gasteiger partial charge on any atom is -0.381 e. The number of aryl methyl sites for hydroxylation is 1. The van der Waals surface area contributed by atoms with E-state index >= 15 is 0 Å². The summed E-state index contributed by atoms with van der Waals surface area (Å²) in [5.41, 5.74) is 0. The third-order valence-electron chi connectivity index (χ3n) is 3.07. The molecule has 0 spiro atoms. The van der Waals surface area contributed by atoms with Gasteiger partial charge in [-0.2, -0.15) is 0 Å². The number of rotatable bonds is 3. The summed E-state index contributed by atoms with van der Waals surface area (Å²) in [5, 5.41) is 11.6. The molecule has 1 aromatic rings. The van der Waals surface area contributed by atoms with Gasteiger partial charge in [0.05, 0.1) is 6.04 Å². The zero-order valence-electron chi connectivity index (χ0n) is 10.0. The van der Waals surface area contributed by atoms with Crippen LogP contribution >= 0.6 is 0 Å². The standard InChI is InChI=1S/C11H20N4O/c1-9(11-14-12-8-15(11)2)13-10-4-3-6-16-7-5-10/h8-10,13H,3-7H2,1-2H3. The summed E-state index contributed by atoms with van der Waals surface area (Å²) in [5.74, 6) is 0.991. The van der Waals surface area contributed by atoms with Gasteiger partial charge in [0, 0.05) is 26.3 Å². The zero-order chi connectivity index (χ0) is 11.4. The van der Waals surface area contributed by atoms with E-state index < -0.39 is 0 Å². The van der Waals surface area contributed by atoms with Crippen molar-refractivity contribution in [3.8, 4) is 0 Å². The Morgan fingerprint density at radius 1 is 1.50 bits per heavy atom. The first kappa shape index (κ1) is 11.5. The Hall–Kier alpha value is -0.940. The molecule has 2 heterocycles. The highest BCUT2D eigenvalue weighted by Crippen LogP contribution is 2.14. The minimum atomic E-state index is 0.246. The van der Waals surface area contributed by atoms with Crippen LogP contribution in [0.15, 0.2) is 6.33 Å². The normalized spacial score (nSPS) is 24.0. The van der Waals surface area contributed by atoms with Crippen LogP contribution in [-0.2, 0) is 11.8 Å². The second kappa shape index (κ2) is 5.41. The molecule has 1 aliphatic heterocycles. The monoisotopic (exact) mass is 224 g/mol. The average Bonchev–Trinajstić information content (AvgIpc) is 2.53. The highest BCUT2D eigenvalue weighted by atomic mass is 16.5. The maximum Gasteiger partial charge on any atom is 0.149 e. The predicted molar refractivity (Wildman–Crippen MR) is 61.0 cm³/mol. The molecule has 0 amide bonds. The number of hydrogen-bond acceptors (Lipinski definition) is 4. The Kier molecular flexibility index (Phi) is 3.90. The van der Waals surface area contributed by atoms with Crippen LogP contribution in [0.3, 0.4) is 0 Å². The van der Waals surface area contributed by atoms with E-state index in [1.54, 1.807) is 6.33 Å². The second-order valence-corrected chi connectivity index (χ2v) is 4.43. The van der Waals surface area contributed by atoms with E-state index in [2.05, 4.69) is 22.4 Å². The first-order valence-corrected chi connectivity index (χ1v) is 5.95.